The van der Waals surface area contributed by atoms with E-state index in [1.165, 1.54) is 0 Å². The van der Waals surface area contributed by atoms with Crippen LogP contribution in [0.3, 0.4) is 0 Å². The van der Waals surface area contributed by atoms with Crippen molar-refractivity contribution in [3.63, 3.8) is 0 Å². The fourth-order valence-corrected chi connectivity index (χ4v) is 3.77. The van der Waals surface area contributed by atoms with Crippen molar-refractivity contribution >= 4 is 39.8 Å². The van der Waals surface area contributed by atoms with Crippen LogP contribution in [0.25, 0.3) is 0 Å². The van der Waals surface area contributed by atoms with Gasteiger partial charge in [-0.1, -0.05) is 28.8 Å². The number of carbonyl (C=O) groups excluding carboxylic acids is 1. The van der Waals surface area contributed by atoms with Crippen molar-refractivity contribution in [2.75, 3.05) is 30.0 Å². The van der Waals surface area contributed by atoms with Gasteiger partial charge in [0.2, 0.25) is 5.13 Å². The zero-order valence-corrected chi connectivity index (χ0v) is 17.8. The third-order valence-corrected chi connectivity index (χ3v) is 5.58. The van der Waals surface area contributed by atoms with Crippen molar-refractivity contribution in [2.24, 2.45) is 0 Å². The Bertz CT molecular complexity index is 1010. The van der Waals surface area contributed by atoms with Crippen molar-refractivity contribution in [1.29, 1.82) is 0 Å². The van der Waals surface area contributed by atoms with Gasteiger partial charge in [-0.2, -0.15) is 0 Å². The summed E-state index contributed by atoms with van der Waals surface area (Å²) >= 11 is 7.05. The molecule has 4 rings (SSSR count). The van der Waals surface area contributed by atoms with Gasteiger partial charge in [-0.3, -0.25) is 10.1 Å². The molecular weight excluding hydrogens is 426 g/mol. The number of amides is 1. The van der Waals surface area contributed by atoms with E-state index in [4.69, 9.17) is 21.1 Å². The summed E-state index contributed by atoms with van der Waals surface area (Å²) in [6, 6.07) is 11.0. The first-order chi connectivity index (χ1) is 14.6. The molecule has 3 aromatic rings. The molecule has 1 aromatic carbocycles. The molecule has 0 bridgehead atoms. The van der Waals surface area contributed by atoms with E-state index in [-0.39, 0.29) is 11.9 Å². The van der Waals surface area contributed by atoms with Crippen LogP contribution in [-0.2, 0) is 11.3 Å². The molecule has 1 saturated heterocycles. The number of hydrogen-bond donors (Lipinski definition) is 1. The van der Waals surface area contributed by atoms with E-state index in [9.17, 15) is 4.79 Å². The molecule has 1 fully saturated rings. The van der Waals surface area contributed by atoms with E-state index in [2.05, 4.69) is 25.4 Å². The highest BCUT2D eigenvalue weighted by atomic mass is 35.5. The minimum Gasteiger partial charge on any atom is -0.464 e. The van der Waals surface area contributed by atoms with Crippen LogP contribution in [0.15, 0.2) is 42.6 Å². The number of hydrogen-bond acceptors (Lipinski definition) is 8. The van der Waals surface area contributed by atoms with Gasteiger partial charge < -0.3 is 14.4 Å². The first-order valence-corrected chi connectivity index (χ1v) is 10.6. The number of carbonyl (C=O) groups is 1. The first kappa shape index (κ1) is 20.5. The molecule has 0 unspecified atom stereocenters. The van der Waals surface area contributed by atoms with E-state index in [1.54, 1.807) is 30.5 Å². The zero-order valence-electron chi connectivity index (χ0n) is 16.2. The summed E-state index contributed by atoms with van der Waals surface area (Å²) in [6.07, 6.45) is 1.68. The average Bonchev–Trinajstić information content (AvgIpc) is 3.21. The number of nitrogens with zero attached hydrogens (tertiary/aromatic N) is 4. The summed E-state index contributed by atoms with van der Waals surface area (Å²) in [5.41, 5.74) is 1.44. The number of rotatable bonds is 6. The van der Waals surface area contributed by atoms with Crippen LogP contribution in [0, 0.1) is 0 Å². The maximum Gasteiger partial charge on any atom is 0.296 e. The number of ether oxygens (including phenoxy) is 2. The van der Waals surface area contributed by atoms with Crippen molar-refractivity contribution in [2.45, 2.75) is 19.6 Å². The fourth-order valence-electron chi connectivity index (χ4n) is 3.05. The second-order valence-corrected chi connectivity index (χ2v) is 8.11. The largest absolute Gasteiger partial charge is 0.464 e. The van der Waals surface area contributed by atoms with E-state index in [0.717, 1.165) is 16.9 Å². The van der Waals surface area contributed by atoms with E-state index >= 15 is 0 Å². The molecule has 1 aliphatic rings. The number of halogens is 1. The minimum absolute atomic E-state index is 0.134. The van der Waals surface area contributed by atoms with Crippen molar-refractivity contribution in [3.8, 4) is 5.19 Å². The molecule has 0 spiro atoms. The Balaban J connectivity index is 1.42. The third kappa shape index (κ3) is 4.86. The van der Waals surface area contributed by atoms with E-state index in [1.807, 2.05) is 19.1 Å². The van der Waals surface area contributed by atoms with E-state index < -0.39 is 0 Å². The van der Waals surface area contributed by atoms with Crippen molar-refractivity contribution in [1.82, 2.24) is 15.2 Å². The van der Waals surface area contributed by atoms with Crippen LogP contribution in [0.4, 0.5) is 10.9 Å². The highest BCUT2D eigenvalue weighted by molar-refractivity contribution is 7.17. The second-order valence-electron chi connectivity index (χ2n) is 6.73. The molecule has 0 aliphatic carbocycles. The predicted molar refractivity (Wildman–Crippen MR) is 116 cm³/mol. The van der Waals surface area contributed by atoms with Gasteiger partial charge in [0.15, 0.2) is 0 Å². The number of anilines is 2. The molecular formula is C20H20ClN5O3S. The van der Waals surface area contributed by atoms with Crippen LogP contribution >= 0.6 is 22.9 Å². The topological polar surface area (TPSA) is 89.5 Å². The van der Waals surface area contributed by atoms with Gasteiger partial charge in [0, 0.05) is 17.8 Å². The lowest BCUT2D eigenvalue weighted by Crippen LogP contribution is -2.45. The van der Waals surface area contributed by atoms with Gasteiger partial charge in [0.1, 0.15) is 12.4 Å². The average molecular weight is 446 g/mol. The molecule has 0 radical (unpaired) electrons. The van der Waals surface area contributed by atoms with Gasteiger partial charge in [-0.25, -0.2) is 4.98 Å². The molecule has 0 saturated carbocycles. The molecule has 2 aromatic heterocycles. The van der Waals surface area contributed by atoms with Crippen molar-refractivity contribution < 1.29 is 14.3 Å². The Kier molecular flexibility index (Phi) is 6.41. The van der Waals surface area contributed by atoms with Crippen LogP contribution in [0.1, 0.15) is 22.8 Å². The maximum absolute atomic E-state index is 12.9. The quantitative estimate of drug-likeness (QED) is 0.619. The normalized spacial score (nSPS) is 16.3. The van der Waals surface area contributed by atoms with Crippen LogP contribution in [0.5, 0.6) is 5.19 Å². The molecule has 1 atom stereocenters. The van der Waals surface area contributed by atoms with Crippen LogP contribution < -0.4 is 15.0 Å². The molecule has 10 heteroatoms. The summed E-state index contributed by atoms with van der Waals surface area (Å²) in [4.78, 5) is 19.4. The molecule has 1 aliphatic heterocycles. The molecule has 1 N–H and O–H groups in total. The summed E-state index contributed by atoms with van der Waals surface area (Å²) in [7, 11) is 0. The highest BCUT2D eigenvalue weighted by Crippen LogP contribution is 2.26. The number of aromatic nitrogens is 3. The Morgan fingerprint density at radius 1 is 1.33 bits per heavy atom. The zero-order chi connectivity index (χ0) is 20.9. The smallest absolute Gasteiger partial charge is 0.296 e. The molecule has 1 amide bonds. The number of morpholine rings is 1. The van der Waals surface area contributed by atoms with Gasteiger partial charge in [-0.15, -0.1) is 5.10 Å². The van der Waals surface area contributed by atoms with Gasteiger partial charge in [0.25, 0.3) is 11.1 Å². The lowest BCUT2D eigenvalue weighted by atomic mass is 10.2. The summed E-state index contributed by atoms with van der Waals surface area (Å²) in [5.74, 6) is 0.340. The Morgan fingerprint density at radius 3 is 2.97 bits per heavy atom. The van der Waals surface area contributed by atoms with E-state index in [0.29, 0.717) is 53.1 Å². The van der Waals surface area contributed by atoms with Gasteiger partial charge in [-0.05, 0) is 48.1 Å². The standard InChI is InChI=1S/C20H20ClN5O3S/c1-13-11-28-10-9-26(13)17-16(3-2-8-22-17)18(27)23-19-24-25-20(30-19)29-12-14-4-6-15(21)7-5-14/h2-8,13H,9-12H2,1H3,(H,23,24,27)/t13-/m1/s1. The molecule has 3 heterocycles. The van der Waals surface area contributed by atoms with Crippen LogP contribution in [0.2, 0.25) is 5.02 Å². The molecule has 156 valence electrons. The Morgan fingerprint density at radius 2 is 2.17 bits per heavy atom. The lowest BCUT2D eigenvalue weighted by Gasteiger charge is -2.35. The highest BCUT2D eigenvalue weighted by Gasteiger charge is 2.25. The Hall–Kier alpha value is -2.75. The number of nitrogens with one attached hydrogen (secondary N) is 1. The second kappa shape index (κ2) is 9.38. The summed E-state index contributed by atoms with van der Waals surface area (Å²) in [5, 5.41) is 12.2. The van der Waals surface area contributed by atoms with Crippen LogP contribution in [-0.4, -0.2) is 46.9 Å². The minimum atomic E-state index is -0.294. The van der Waals surface area contributed by atoms with Gasteiger partial charge in [0.05, 0.1) is 24.8 Å². The maximum atomic E-state index is 12.9. The molecule has 30 heavy (non-hydrogen) atoms. The summed E-state index contributed by atoms with van der Waals surface area (Å²) in [6.45, 7) is 4.26. The lowest BCUT2D eigenvalue weighted by molar-refractivity contribution is 0.0972. The number of benzene rings is 1. The monoisotopic (exact) mass is 445 g/mol. The first-order valence-electron chi connectivity index (χ1n) is 9.41. The Labute approximate surface area is 182 Å². The predicted octanol–water partition coefficient (Wildman–Crippen LogP) is 3.64. The third-order valence-electron chi connectivity index (χ3n) is 4.57. The van der Waals surface area contributed by atoms with Crippen molar-refractivity contribution in [3.05, 3.63) is 58.7 Å². The fraction of sp³-hybridized carbons (Fsp3) is 0.300. The summed E-state index contributed by atoms with van der Waals surface area (Å²) < 4.78 is 11.1. The van der Waals surface area contributed by atoms with Gasteiger partial charge >= 0.3 is 0 Å². The number of pyridine rings is 1. The SMILES string of the molecule is C[C@@H]1COCCN1c1ncccc1C(=O)Nc1nnc(OCc2ccc(Cl)cc2)s1. The molecule has 8 nitrogen and oxygen atoms in total.